The smallest absolute Gasteiger partial charge is 0.325 e. The molecule has 0 unspecified atom stereocenters. The third-order valence-corrected chi connectivity index (χ3v) is 3.51. The standard InChI is InChI=1S/C11H13N5O4S/c12-21(19,20)10-4-2-1-3-9(10)13-5-8-6-16(15-14-8)7-11(17)18/h1-4,6,13H,5,7H2,(H,17,18)(H2,12,19,20). The summed E-state index contributed by atoms with van der Waals surface area (Å²) in [7, 11) is -3.83. The second-order valence-corrected chi connectivity index (χ2v) is 5.73. The van der Waals surface area contributed by atoms with Gasteiger partial charge in [-0.3, -0.25) is 4.79 Å². The van der Waals surface area contributed by atoms with Crippen molar-refractivity contribution >= 4 is 21.7 Å². The number of para-hydroxylation sites is 1. The highest BCUT2D eigenvalue weighted by Crippen LogP contribution is 2.19. The highest BCUT2D eigenvalue weighted by molar-refractivity contribution is 7.89. The molecular formula is C11H13N5O4S. The number of nitrogens with one attached hydrogen (secondary N) is 1. The number of nitrogens with two attached hydrogens (primary N) is 1. The van der Waals surface area contributed by atoms with Gasteiger partial charge in [-0.25, -0.2) is 18.2 Å². The summed E-state index contributed by atoms with van der Waals surface area (Å²) in [5, 5.41) is 24.1. The number of aromatic nitrogens is 3. The van der Waals surface area contributed by atoms with E-state index in [0.29, 0.717) is 11.4 Å². The maximum Gasteiger partial charge on any atom is 0.325 e. The van der Waals surface area contributed by atoms with Gasteiger partial charge in [0.25, 0.3) is 0 Å². The molecular weight excluding hydrogens is 298 g/mol. The Morgan fingerprint density at radius 2 is 2.10 bits per heavy atom. The van der Waals surface area contributed by atoms with Crippen LogP contribution in [0.25, 0.3) is 0 Å². The van der Waals surface area contributed by atoms with Gasteiger partial charge in [-0.05, 0) is 12.1 Å². The van der Waals surface area contributed by atoms with Gasteiger partial charge in [0, 0.05) is 0 Å². The lowest BCUT2D eigenvalue weighted by atomic mass is 10.3. The van der Waals surface area contributed by atoms with Crippen molar-refractivity contribution in [1.29, 1.82) is 0 Å². The molecule has 0 aliphatic heterocycles. The number of carboxylic acids is 1. The molecule has 0 spiro atoms. The fourth-order valence-electron chi connectivity index (χ4n) is 1.68. The van der Waals surface area contributed by atoms with Gasteiger partial charge >= 0.3 is 5.97 Å². The number of carbonyl (C=O) groups is 1. The van der Waals surface area contributed by atoms with Crippen LogP contribution < -0.4 is 10.5 Å². The van der Waals surface area contributed by atoms with E-state index >= 15 is 0 Å². The van der Waals surface area contributed by atoms with E-state index in [2.05, 4.69) is 15.6 Å². The quantitative estimate of drug-likeness (QED) is 0.660. The Bertz CT molecular complexity index is 755. The molecule has 9 nitrogen and oxygen atoms in total. The van der Waals surface area contributed by atoms with Crippen LogP contribution in [0.4, 0.5) is 5.69 Å². The minimum absolute atomic E-state index is 0.0251. The van der Waals surface area contributed by atoms with Crippen LogP contribution in [0.1, 0.15) is 5.69 Å². The summed E-state index contributed by atoms with van der Waals surface area (Å²) in [5.41, 5.74) is 0.813. The van der Waals surface area contributed by atoms with Crippen molar-refractivity contribution in [3.63, 3.8) is 0 Å². The number of sulfonamides is 1. The van der Waals surface area contributed by atoms with Crippen LogP contribution in [0.2, 0.25) is 0 Å². The number of benzene rings is 1. The van der Waals surface area contributed by atoms with Crippen LogP contribution in [0.15, 0.2) is 35.4 Å². The Morgan fingerprint density at radius 1 is 1.38 bits per heavy atom. The molecule has 0 bridgehead atoms. The third kappa shape index (κ3) is 4.00. The van der Waals surface area contributed by atoms with Crippen LogP contribution >= 0.6 is 0 Å². The first-order valence-corrected chi connectivity index (χ1v) is 7.37. The monoisotopic (exact) mass is 311 g/mol. The molecule has 0 saturated heterocycles. The van der Waals surface area contributed by atoms with Crippen molar-refractivity contribution < 1.29 is 18.3 Å². The van der Waals surface area contributed by atoms with Gasteiger partial charge in [0.2, 0.25) is 10.0 Å². The first-order valence-electron chi connectivity index (χ1n) is 5.83. The third-order valence-electron chi connectivity index (χ3n) is 2.54. The summed E-state index contributed by atoms with van der Waals surface area (Å²) in [6.45, 7) is -0.104. The summed E-state index contributed by atoms with van der Waals surface area (Å²) >= 11 is 0. The van der Waals surface area contributed by atoms with Crippen LogP contribution in [0.5, 0.6) is 0 Å². The number of anilines is 1. The second kappa shape index (κ2) is 5.89. The fraction of sp³-hybridized carbons (Fsp3) is 0.182. The fourth-order valence-corrected chi connectivity index (χ4v) is 2.40. The summed E-state index contributed by atoms with van der Waals surface area (Å²) in [6, 6.07) is 6.19. The molecule has 10 heteroatoms. The van der Waals surface area contributed by atoms with E-state index in [9.17, 15) is 13.2 Å². The van der Waals surface area contributed by atoms with Gasteiger partial charge in [0.15, 0.2) is 0 Å². The average Bonchev–Trinajstić information content (AvgIpc) is 2.82. The first kappa shape index (κ1) is 14.9. The molecule has 2 rings (SSSR count). The molecule has 1 aromatic heterocycles. The maximum atomic E-state index is 11.4. The number of aliphatic carboxylic acids is 1. The maximum absolute atomic E-state index is 11.4. The molecule has 4 N–H and O–H groups in total. The molecule has 1 heterocycles. The zero-order chi connectivity index (χ0) is 15.5. The van der Waals surface area contributed by atoms with Crippen molar-refractivity contribution in [2.75, 3.05) is 5.32 Å². The van der Waals surface area contributed by atoms with E-state index in [1.165, 1.54) is 16.9 Å². The van der Waals surface area contributed by atoms with Crippen molar-refractivity contribution in [1.82, 2.24) is 15.0 Å². The largest absolute Gasteiger partial charge is 0.480 e. The van der Waals surface area contributed by atoms with E-state index in [-0.39, 0.29) is 18.0 Å². The lowest BCUT2D eigenvalue weighted by Crippen LogP contribution is -2.15. The highest BCUT2D eigenvalue weighted by atomic mass is 32.2. The first-order chi connectivity index (χ1) is 9.86. The van der Waals surface area contributed by atoms with Crippen molar-refractivity contribution in [2.45, 2.75) is 18.0 Å². The van der Waals surface area contributed by atoms with Crippen LogP contribution in [0.3, 0.4) is 0 Å². The molecule has 0 aliphatic carbocycles. The molecule has 0 atom stereocenters. The zero-order valence-corrected chi connectivity index (χ0v) is 11.6. The van der Waals surface area contributed by atoms with Gasteiger partial charge in [0.1, 0.15) is 17.1 Å². The number of rotatable bonds is 6. The van der Waals surface area contributed by atoms with Crippen molar-refractivity contribution in [2.24, 2.45) is 5.14 Å². The van der Waals surface area contributed by atoms with Crippen LogP contribution in [-0.2, 0) is 27.9 Å². The highest BCUT2D eigenvalue weighted by Gasteiger charge is 2.13. The molecule has 21 heavy (non-hydrogen) atoms. The summed E-state index contributed by atoms with van der Waals surface area (Å²) in [4.78, 5) is 10.5. The molecule has 0 aliphatic rings. The van der Waals surface area contributed by atoms with Gasteiger partial charge in [-0.15, -0.1) is 5.10 Å². The van der Waals surface area contributed by atoms with E-state index in [0.717, 1.165) is 0 Å². The Kier molecular flexibility index (Phi) is 4.19. The summed E-state index contributed by atoms with van der Waals surface area (Å²) in [5.74, 6) is -1.03. The molecule has 0 saturated carbocycles. The lowest BCUT2D eigenvalue weighted by molar-refractivity contribution is -0.137. The number of hydrogen-bond donors (Lipinski definition) is 3. The molecule has 2 aromatic rings. The van der Waals surface area contributed by atoms with E-state index < -0.39 is 16.0 Å². The predicted octanol–water partition coefficient (Wildman–Crippen LogP) is -0.378. The molecule has 0 radical (unpaired) electrons. The number of primary sulfonamides is 1. The molecule has 0 amide bonds. The van der Waals surface area contributed by atoms with Crippen LogP contribution in [-0.4, -0.2) is 34.5 Å². The Labute approximate surface area is 120 Å². The average molecular weight is 311 g/mol. The summed E-state index contributed by atoms with van der Waals surface area (Å²) < 4.78 is 24.0. The van der Waals surface area contributed by atoms with Gasteiger partial charge in [-0.2, -0.15) is 0 Å². The number of nitrogens with zero attached hydrogens (tertiary/aromatic N) is 3. The van der Waals surface area contributed by atoms with Gasteiger partial charge in [0.05, 0.1) is 18.4 Å². The molecule has 112 valence electrons. The van der Waals surface area contributed by atoms with E-state index in [1.54, 1.807) is 18.2 Å². The summed E-state index contributed by atoms with van der Waals surface area (Å²) in [6.07, 6.45) is 1.46. The number of hydrogen-bond acceptors (Lipinski definition) is 6. The van der Waals surface area contributed by atoms with E-state index in [1.807, 2.05) is 0 Å². The Morgan fingerprint density at radius 3 is 2.76 bits per heavy atom. The van der Waals surface area contributed by atoms with Crippen LogP contribution in [0, 0.1) is 0 Å². The normalized spacial score (nSPS) is 11.3. The SMILES string of the molecule is NS(=O)(=O)c1ccccc1NCc1cn(CC(=O)O)nn1. The van der Waals surface area contributed by atoms with Gasteiger partial charge < -0.3 is 10.4 Å². The minimum Gasteiger partial charge on any atom is -0.480 e. The number of carboxylic acid groups (broad SMARTS) is 1. The Balaban J connectivity index is 2.10. The lowest BCUT2D eigenvalue weighted by Gasteiger charge is -2.08. The molecule has 0 fully saturated rings. The van der Waals surface area contributed by atoms with Gasteiger partial charge in [-0.1, -0.05) is 17.3 Å². The predicted molar refractivity (Wildman–Crippen MR) is 72.8 cm³/mol. The van der Waals surface area contributed by atoms with E-state index in [4.69, 9.17) is 10.2 Å². The topological polar surface area (TPSA) is 140 Å². The van der Waals surface area contributed by atoms with Crippen molar-refractivity contribution in [3.05, 3.63) is 36.2 Å². The molecule has 1 aromatic carbocycles. The minimum atomic E-state index is -3.83. The second-order valence-electron chi connectivity index (χ2n) is 4.20. The Hall–Kier alpha value is -2.46. The van der Waals surface area contributed by atoms with Crippen molar-refractivity contribution in [3.8, 4) is 0 Å². The zero-order valence-electron chi connectivity index (χ0n) is 10.8.